The van der Waals surface area contributed by atoms with Crippen LogP contribution in [0.4, 0.5) is 0 Å². The molecule has 1 heterocycles. The molecule has 1 aromatic rings. The lowest BCUT2D eigenvalue weighted by molar-refractivity contribution is -0.00663. The van der Waals surface area contributed by atoms with Crippen LogP contribution in [0.5, 0.6) is 0 Å². The molecule has 0 radical (unpaired) electrons. The van der Waals surface area contributed by atoms with Gasteiger partial charge in [-0.15, -0.1) is 12.4 Å². The van der Waals surface area contributed by atoms with E-state index in [0.29, 0.717) is 11.5 Å². The van der Waals surface area contributed by atoms with E-state index in [9.17, 15) is 4.79 Å². The van der Waals surface area contributed by atoms with Crippen molar-refractivity contribution in [3.8, 4) is 0 Å². The zero-order chi connectivity index (χ0) is 12.3. The fourth-order valence-corrected chi connectivity index (χ4v) is 2.29. The van der Waals surface area contributed by atoms with E-state index in [-0.39, 0.29) is 24.5 Å². The van der Waals surface area contributed by atoms with Gasteiger partial charge in [0.1, 0.15) is 6.10 Å². The van der Waals surface area contributed by atoms with Crippen molar-refractivity contribution in [3.63, 3.8) is 0 Å². The minimum atomic E-state index is -0.202. The molecule has 0 aliphatic carbocycles. The number of hydrogen-bond acceptors (Lipinski definition) is 3. The molecule has 4 heteroatoms. The molecule has 2 rings (SSSR count). The smallest absolute Gasteiger partial charge is 0.338 e. The molecule has 0 N–H and O–H groups in total. The zero-order valence-electron chi connectivity index (χ0n) is 10.8. The van der Waals surface area contributed by atoms with Crippen molar-refractivity contribution < 1.29 is 9.53 Å². The fraction of sp³-hybridized carbons (Fsp3) is 0.500. The van der Waals surface area contributed by atoms with Gasteiger partial charge in [0.2, 0.25) is 0 Å². The number of rotatable bonds is 2. The number of benzene rings is 1. The predicted octanol–water partition coefficient (Wildman–Crippen LogP) is 2.61. The highest BCUT2D eigenvalue weighted by Crippen LogP contribution is 2.20. The van der Waals surface area contributed by atoms with Gasteiger partial charge in [0.15, 0.2) is 0 Å². The van der Waals surface area contributed by atoms with Crippen LogP contribution in [0.25, 0.3) is 0 Å². The van der Waals surface area contributed by atoms with E-state index >= 15 is 0 Å². The van der Waals surface area contributed by atoms with Crippen molar-refractivity contribution in [3.05, 3.63) is 35.9 Å². The molecule has 0 bridgehead atoms. The molecule has 1 fully saturated rings. The van der Waals surface area contributed by atoms with Crippen LogP contribution in [0, 0.1) is 5.92 Å². The van der Waals surface area contributed by atoms with Crippen molar-refractivity contribution in [2.45, 2.75) is 19.4 Å². The molecular formula is C14H20ClNO2. The van der Waals surface area contributed by atoms with Crippen LogP contribution in [-0.4, -0.2) is 37.1 Å². The van der Waals surface area contributed by atoms with Gasteiger partial charge in [-0.05, 0) is 25.6 Å². The summed E-state index contributed by atoms with van der Waals surface area (Å²) in [6.45, 7) is 4.13. The first-order valence-electron chi connectivity index (χ1n) is 6.11. The van der Waals surface area contributed by atoms with Crippen LogP contribution in [-0.2, 0) is 4.74 Å². The number of piperidine rings is 1. The summed E-state index contributed by atoms with van der Waals surface area (Å²) in [5, 5.41) is 0. The first-order chi connectivity index (χ1) is 8.16. The Labute approximate surface area is 115 Å². The largest absolute Gasteiger partial charge is 0.458 e. The molecule has 1 saturated heterocycles. The summed E-state index contributed by atoms with van der Waals surface area (Å²) in [5.41, 5.74) is 0.638. The number of esters is 1. The Morgan fingerprint density at radius 3 is 2.61 bits per heavy atom. The Bertz CT molecular complexity index is 383. The molecule has 3 nitrogen and oxygen atoms in total. The highest BCUT2D eigenvalue weighted by molar-refractivity contribution is 5.89. The number of halogens is 1. The molecule has 2 atom stereocenters. The first kappa shape index (κ1) is 15.0. The fourth-order valence-electron chi connectivity index (χ4n) is 2.29. The van der Waals surface area contributed by atoms with Gasteiger partial charge >= 0.3 is 5.97 Å². The van der Waals surface area contributed by atoms with E-state index in [2.05, 4.69) is 18.9 Å². The summed E-state index contributed by atoms with van der Waals surface area (Å²) in [6, 6.07) is 9.20. The highest BCUT2D eigenvalue weighted by atomic mass is 35.5. The molecule has 18 heavy (non-hydrogen) atoms. The second-order valence-electron chi connectivity index (χ2n) is 4.84. The molecule has 1 aromatic carbocycles. The monoisotopic (exact) mass is 269 g/mol. The highest BCUT2D eigenvalue weighted by Gasteiger charge is 2.27. The molecule has 0 aromatic heterocycles. The summed E-state index contributed by atoms with van der Waals surface area (Å²) in [4.78, 5) is 14.2. The van der Waals surface area contributed by atoms with Crippen LogP contribution in [0.2, 0.25) is 0 Å². The lowest BCUT2D eigenvalue weighted by atomic mass is 9.97. The van der Waals surface area contributed by atoms with Gasteiger partial charge in [0, 0.05) is 19.0 Å². The Morgan fingerprint density at radius 1 is 1.33 bits per heavy atom. The maximum atomic E-state index is 11.9. The van der Waals surface area contributed by atoms with Crippen molar-refractivity contribution in [1.29, 1.82) is 0 Å². The van der Waals surface area contributed by atoms with E-state index in [4.69, 9.17) is 4.74 Å². The molecule has 1 aliphatic rings. The number of nitrogens with zero attached hydrogens (tertiary/aromatic N) is 1. The van der Waals surface area contributed by atoms with Crippen molar-refractivity contribution in [2.24, 2.45) is 5.92 Å². The maximum absolute atomic E-state index is 11.9. The average Bonchev–Trinajstić information content (AvgIpc) is 2.34. The predicted molar refractivity (Wildman–Crippen MR) is 74.2 cm³/mol. The van der Waals surface area contributed by atoms with Crippen molar-refractivity contribution >= 4 is 18.4 Å². The normalized spacial score (nSPS) is 24.1. The first-order valence-corrected chi connectivity index (χ1v) is 6.11. The third-order valence-electron chi connectivity index (χ3n) is 3.30. The summed E-state index contributed by atoms with van der Waals surface area (Å²) < 4.78 is 5.57. The van der Waals surface area contributed by atoms with Crippen molar-refractivity contribution in [2.75, 3.05) is 20.1 Å². The van der Waals surface area contributed by atoms with Gasteiger partial charge in [-0.1, -0.05) is 25.1 Å². The number of ether oxygens (including phenoxy) is 1. The zero-order valence-corrected chi connectivity index (χ0v) is 11.7. The van der Waals surface area contributed by atoms with Gasteiger partial charge in [-0.25, -0.2) is 4.79 Å². The van der Waals surface area contributed by atoms with E-state index in [1.54, 1.807) is 12.1 Å². The summed E-state index contributed by atoms with van der Waals surface area (Å²) >= 11 is 0. The van der Waals surface area contributed by atoms with Crippen LogP contribution >= 0.6 is 12.4 Å². The van der Waals surface area contributed by atoms with Gasteiger partial charge in [0.25, 0.3) is 0 Å². The van der Waals surface area contributed by atoms with Gasteiger partial charge in [-0.2, -0.15) is 0 Å². The average molecular weight is 270 g/mol. The third-order valence-corrected chi connectivity index (χ3v) is 3.30. The van der Waals surface area contributed by atoms with Gasteiger partial charge < -0.3 is 9.64 Å². The molecule has 0 saturated carbocycles. The SMILES string of the molecule is CC1CN(C)CCC1OC(=O)c1ccccc1.Cl. The molecule has 100 valence electrons. The van der Waals surface area contributed by atoms with E-state index in [0.717, 1.165) is 19.5 Å². The Kier molecular flexibility index (Phi) is 5.63. The number of hydrogen-bond donors (Lipinski definition) is 0. The molecule has 1 aliphatic heterocycles. The summed E-state index contributed by atoms with van der Waals surface area (Å²) in [7, 11) is 2.10. The molecule has 0 amide bonds. The third kappa shape index (κ3) is 3.72. The molecule has 2 unspecified atom stereocenters. The summed E-state index contributed by atoms with van der Waals surface area (Å²) in [5.74, 6) is 0.202. The lowest BCUT2D eigenvalue weighted by Gasteiger charge is -2.34. The Balaban J connectivity index is 0.00000162. The topological polar surface area (TPSA) is 29.5 Å². The van der Waals surface area contributed by atoms with Crippen LogP contribution < -0.4 is 0 Å². The molecule has 0 spiro atoms. The standard InChI is InChI=1S/C14H19NO2.ClH/c1-11-10-15(2)9-8-13(11)17-14(16)12-6-4-3-5-7-12;/h3-7,11,13H,8-10H2,1-2H3;1H. The summed E-state index contributed by atoms with van der Waals surface area (Å²) in [6.07, 6.45) is 0.981. The minimum absolute atomic E-state index is 0. The van der Waals surface area contributed by atoms with Gasteiger partial charge in [0.05, 0.1) is 5.56 Å². The maximum Gasteiger partial charge on any atom is 0.338 e. The van der Waals surface area contributed by atoms with Crippen LogP contribution in [0.1, 0.15) is 23.7 Å². The lowest BCUT2D eigenvalue weighted by Crippen LogP contribution is -2.41. The van der Waals surface area contributed by atoms with Gasteiger partial charge in [-0.3, -0.25) is 0 Å². The van der Waals surface area contributed by atoms with E-state index in [1.165, 1.54) is 0 Å². The number of carbonyl (C=O) groups is 1. The second kappa shape index (κ2) is 6.76. The van der Waals surface area contributed by atoms with Crippen LogP contribution in [0.3, 0.4) is 0 Å². The van der Waals surface area contributed by atoms with Crippen molar-refractivity contribution in [1.82, 2.24) is 4.90 Å². The quantitative estimate of drug-likeness (QED) is 0.773. The Hall–Kier alpha value is -1.06. The Morgan fingerprint density at radius 2 is 2.00 bits per heavy atom. The molecular weight excluding hydrogens is 250 g/mol. The van der Waals surface area contributed by atoms with Crippen LogP contribution in [0.15, 0.2) is 30.3 Å². The van der Waals surface area contributed by atoms with E-state index < -0.39 is 0 Å². The van der Waals surface area contributed by atoms with E-state index in [1.807, 2.05) is 18.2 Å². The number of carbonyl (C=O) groups excluding carboxylic acids is 1. The minimum Gasteiger partial charge on any atom is -0.458 e. The second-order valence-corrected chi connectivity index (χ2v) is 4.84. The number of likely N-dealkylation sites (tertiary alicyclic amines) is 1.